The number of nitrogens with two attached hydrogens (primary N) is 1. The van der Waals surface area contributed by atoms with Crippen molar-refractivity contribution in [2.24, 2.45) is 5.73 Å². The number of nitrogens with zero attached hydrogens (tertiary/aromatic N) is 1. The molecule has 0 spiro atoms. The lowest BCUT2D eigenvalue weighted by molar-refractivity contribution is 0.177. The van der Waals surface area contributed by atoms with Crippen molar-refractivity contribution in [1.29, 1.82) is 0 Å². The predicted octanol–water partition coefficient (Wildman–Crippen LogP) is 1.51. The van der Waals surface area contributed by atoms with Gasteiger partial charge >= 0.3 is 0 Å². The second kappa shape index (κ2) is 6.87. The highest BCUT2D eigenvalue weighted by Gasteiger charge is 2.38. The monoisotopic (exact) mass is 312 g/mol. The summed E-state index contributed by atoms with van der Waals surface area (Å²) in [6.07, 6.45) is 2.55. The largest absolute Gasteiger partial charge is 0.383 e. The molecule has 0 amide bonds. The zero-order chi connectivity index (χ0) is 15.5. The van der Waals surface area contributed by atoms with Crippen molar-refractivity contribution in [1.82, 2.24) is 4.31 Å². The summed E-state index contributed by atoms with van der Waals surface area (Å²) in [6, 6.07) is 5.61. The number of methoxy groups -OCH3 is 1. The van der Waals surface area contributed by atoms with E-state index in [4.69, 9.17) is 10.5 Å². The van der Waals surface area contributed by atoms with Crippen LogP contribution in [0.5, 0.6) is 0 Å². The summed E-state index contributed by atoms with van der Waals surface area (Å²) in [4.78, 5) is 0.399. The van der Waals surface area contributed by atoms with Gasteiger partial charge in [-0.15, -0.1) is 0 Å². The molecule has 118 valence electrons. The van der Waals surface area contributed by atoms with Gasteiger partial charge in [-0.3, -0.25) is 0 Å². The fourth-order valence-electron chi connectivity index (χ4n) is 2.43. The average molecular weight is 312 g/mol. The summed E-state index contributed by atoms with van der Waals surface area (Å²) in [5, 5.41) is 0. The van der Waals surface area contributed by atoms with Crippen molar-refractivity contribution in [2.45, 2.75) is 43.7 Å². The van der Waals surface area contributed by atoms with Crippen molar-refractivity contribution in [3.8, 4) is 0 Å². The summed E-state index contributed by atoms with van der Waals surface area (Å²) in [6.45, 7) is 3.12. The molecule has 0 aromatic heterocycles. The van der Waals surface area contributed by atoms with Crippen LogP contribution < -0.4 is 5.73 Å². The van der Waals surface area contributed by atoms with E-state index in [1.54, 1.807) is 17.5 Å². The van der Waals surface area contributed by atoms with Crippen LogP contribution in [0.3, 0.4) is 0 Å². The van der Waals surface area contributed by atoms with Gasteiger partial charge in [-0.25, -0.2) is 8.42 Å². The van der Waals surface area contributed by atoms with Crippen LogP contribution in [0.25, 0.3) is 0 Å². The van der Waals surface area contributed by atoms with E-state index in [0.29, 0.717) is 31.0 Å². The third-order valence-electron chi connectivity index (χ3n) is 3.80. The molecule has 0 aliphatic heterocycles. The molecular formula is C15H24N2O3S. The maximum atomic E-state index is 13.0. The number of ether oxygens (including phenoxy) is 1. The Bertz CT molecular complexity index is 583. The average Bonchev–Trinajstić information content (AvgIpc) is 3.31. The first-order valence-corrected chi connectivity index (χ1v) is 8.81. The SMILES string of the molecule is CCc1ccc(CN)cc1S(=O)(=O)N(CCOC)C1CC1. The molecule has 0 bridgehead atoms. The van der Waals surface area contributed by atoms with Gasteiger partial charge in [-0.1, -0.05) is 19.1 Å². The Morgan fingerprint density at radius 2 is 2.10 bits per heavy atom. The van der Waals surface area contributed by atoms with Gasteiger partial charge in [0, 0.05) is 26.2 Å². The molecule has 0 radical (unpaired) electrons. The molecule has 1 aromatic carbocycles. The minimum Gasteiger partial charge on any atom is -0.383 e. The summed E-state index contributed by atoms with van der Waals surface area (Å²) in [7, 11) is -1.90. The molecule has 0 atom stereocenters. The normalized spacial score (nSPS) is 15.6. The van der Waals surface area contributed by atoms with Crippen LogP contribution in [0.4, 0.5) is 0 Å². The molecule has 2 N–H and O–H groups in total. The Morgan fingerprint density at radius 1 is 1.38 bits per heavy atom. The first-order valence-electron chi connectivity index (χ1n) is 7.37. The fourth-order valence-corrected chi connectivity index (χ4v) is 4.44. The number of hydrogen-bond acceptors (Lipinski definition) is 4. The van der Waals surface area contributed by atoms with E-state index >= 15 is 0 Å². The van der Waals surface area contributed by atoms with Crippen molar-refractivity contribution in [3.05, 3.63) is 29.3 Å². The van der Waals surface area contributed by atoms with Crippen LogP contribution in [-0.2, 0) is 27.7 Å². The highest BCUT2D eigenvalue weighted by molar-refractivity contribution is 7.89. The molecule has 5 nitrogen and oxygen atoms in total. The quantitative estimate of drug-likeness (QED) is 0.789. The second-order valence-corrected chi connectivity index (χ2v) is 7.20. The van der Waals surface area contributed by atoms with E-state index in [0.717, 1.165) is 24.0 Å². The first-order chi connectivity index (χ1) is 10.0. The molecule has 0 heterocycles. The third-order valence-corrected chi connectivity index (χ3v) is 5.84. The van der Waals surface area contributed by atoms with Crippen LogP contribution in [0, 0.1) is 0 Å². The van der Waals surface area contributed by atoms with Gasteiger partial charge in [0.1, 0.15) is 0 Å². The molecule has 0 unspecified atom stereocenters. The maximum absolute atomic E-state index is 13.0. The number of benzene rings is 1. The third kappa shape index (κ3) is 3.63. The van der Waals surface area contributed by atoms with E-state index in [2.05, 4.69) is 0 Å². The van der Waals surface area contributed by atoms with Gasteiger partial charge < -0.3 is 10.5 Å². The van der Waals surface area contributed by atoms with Crippen molar-refractivity contribution < 1.29 is 13.2 Å². The van der Waals surface area contributed by atoms with Gasteiger partial charge in [0.25, 0.3) is 0 Å². The lowest BCUT2D eigenvalue weighted by Crippen LogP contribution is -2.36. The number of rotatable bonds is 8. The van der Waals surface area contributed by atoms with Gasteiger partial charge in [0.2, 0.25) is 10.0 Å². The van der Waals surface area contributed by atoms with Gasteiger partial charge in [0.05, 0.1) is 11.5 Å². The fraction of sp³-hybridized carbons (Fsp3) is 0.600. The zero-order valence-electron chi connectivity index (χ0n) is 12.7. The van der Waals surface area contributed by atoms with Crippen LogP contribution in [-0.4, -0.2) is 39.0 Å². The lowest BCUT2D eigenvalue weighted by atomic mass is 10.1. The van der Waals surface area contributed by atoms with Crippen LogP contribution in [0.15, 0.2) is 23.1 Å². The summed E-state index contributed by atoms with van der Waals surface area (Å²) >= 11 is 0. The predicted molar refractivity (Wildman–Crippen MR) is 82.5 cm³/mol. The molecule has 1 aliphatic carbocycles. The minimum absolute atomic E-state index is 0.122. The van der Waals surface area contributed by atoms with E-state index in [1.165, 1.54) is 0 Å². The number of sulfonamides is 1. The smallest absolute Gasteiger partial charge is 0.243 e. The molecule has 1 saturated carbocycles. The Balaban J connectivity index is 2.40. The van der Waals surface area contributed by atoms with Crippen LogP contribution in [0.2, 0.25) is 0 Å². The number of aryl methyl sites for hydroxylation is 1. The van der Waals surface area contributed by atoms with Crippen molar-refractivity contribution >= 4 is 10.0 Å². The summed E-state index contributed by atoms with van der Waals surface area (Å²) < 4.78 is 32.6. The van der Waals surface area contributed by atoms with E-state index in [-0.39, 0.29) is 6.04 Å². The molecule has 1 aromatic rings. The molecule has 6 heteroatoms. The highest BCUT2D eigenvalue weighted by atomic mass is 32.2. The molecule has 1 aliphatic rings. The summed E-state index contributed by atoms with van der Waals surface area (Å²) in [5.74, 6) is 0. The van der Waals surface area contributed by atoms with Crippen LogP contribution in [0.1, 0.15) is 30.9 Å². The molecule has 1 fully saturated rings. The van der Waals surface area contributed by atoms with Crippen LogP contribution >= 0.6 is 0 Å². The molecule has 2 rings (SSSR count). The Labute approximate surface area is 127 Å². The van der Waals surface area contributed by atoms with Crippen molar-refractivity contribution in [3.63, 3.8) is 0 Å². The summed E-state index contributed by atoms with van der Waals surface area (Å²) in [5.41, 5.74) is 7.34. The maximum Gasteiger partial charge on any atom is 0.243 e. The topological polar surface area (TPSA) is 72.6 Å². The van der Waals surface area contributed by atoms with Gasteiger partial charge in [0.15, 0.2) is 0 Å². The Kier molecular flexibility index (Phi) is 5.37. The molecular weight excluding hydrogens is 288 g/mol. The standard InChI is InChI=1S/C15H24N2O3S/c1-3-13-5-4-12(11-16)10-15(13)21(18,19)17(8-9-20-2)14-6-7-14/h4-5,10,14H,3,6-9,11,16H2,1-2H3. The van der Waals surface area contributed by atoms with E-state index in [1.807, 2.05) is 19.1 Å². The Hall–Kier alpha value is -0.950. The van der Waals surface area contributed by atoms with E-state index in [9.17, 15) is 8.42 Å². The first kappa shape index (κ1) is 16.4. The second-order valence-electron chi connectivity index (χ2n) is 5.34. The minimum atomic E-state index is -3.49. The van der Waals surface area contributed by atoms with Gasteiger partial charge in [-0.05, 0) is 36.5 Å². The number of hydrogen-bond donors (Lipinski definition) is 1. The lowest BCUT2D eigenvalue weighted by Gasteiger charge is -2.23. The van der Waals surface area contributed by atoms with Gasteiger partial charge in [-0.2, -0.15) is 4.31 Å². The van der Waals surface area contributed by atoms with E-state index < -0.39 is 10.0 Å². The molecule has 0 saturated heterocycles. The highest BCUT2D eigenvalue weighted by Crippen LogP contribution is 2.33. The van der Waals surface area contributed by atoms with Crippen molar-refractivity contribution in [2.75, 3.05) is 20.3 Å². The zero-order valence-corrected chi connectivity index (χ0v) is 13.5. The Morgan fingerprint density at radius 3 is 2.62 bits per heavy atom. The molecule has 21 heavy (non-hydrogen) atoms.